The Balaban J connectivity index is 0.000000376. The summed E-state index contributed by atoms with van der Waals surface area (Å²) in [4.78, 5) is 14.6. The summed E-state index contributed by atoms with van der Waals surface area (Å²) in [6, 6.07) is 8.48. The van der Waals surface area contributed by atoms with Crippen LogP contribution in [0.25, 0.3) is 10.9 Å². The second kappa shape index (κ2) is 7.95. The predicted molar refractivity (Wildman–Crippen MR) is 85.7 cm³/mol. The molecule has 0 saturated heterocycles. The van der Waals surface area contributed by atoms with Gasteiger partial charge in [-0.25, -0.2) is 23.2 Å². The fraction of sp³-hybridized carbons (Fsp3) is 0.444. The molecule has 1 atom stereocenters. The maximum absolute atomic E-state index is 11.0. The molecule has 27 heavy (non-hydrogen) atoms. The average molecular weight is 397 g/mol. The van der Waals surface area contributed by atoms with E-state index in [9.17, 15) is 4.79 Å². The van der Waals surface area contributed by atoms with E-state index in [0.717, 1.165) is 32.4 Å². The summed E-state index contributed by atoms with van der Waals surface area (Å²) in [5.41, 5.74) is 5.25. The number of rotatable bonds is 3. The number of benzene rings is 1. The van der Waals surface area contributed by atoms with Gasteiger partial charge in [0.1, 0.15) is 18.8 Å². The largest absolute Gasteiger partial charge is 0.481 e. The molecule has 2 aliphatic rings. The molecule has 0 saturated carbocycles. The van der Waals surface area contributed by atoms with E-state index in [1.165, 1.54) is 34.3 Å². The number of halogens is 1. The number of fused-ring (bicyclic) bond motifs is 4. The van der Waals surface area contributed by atoms with E-state index < -0.39 is 16.2 Å². The lowest BCUT2D eigenvalue weighted by Crippen LogP contribution is -2.68. The SMILES string of the molecule is O=C(O)CCC1CCC[N+]2=C1c1[nH]c3ccccc3c1CC2.[O-][Cl+3]([O-])([O-])[O-]. The monoisotopic (exact) mass is 396 g/mol. The van der Waals surface area contributed by atoms with Gasteiger partial charge < -0.3 is 10.1 Å². The standard InChI is InChI=1S/C18H20N2O2.ClHO4/c21-16(22)8-7-12-4-3-10-20-11-9-14-13-5-1-2-6-15(13)19-17(14)18(12)20;2-1(3,4)5/h1-2,5-6,12H,3-4,7-11H2,(H,21,22);(H,2,3,4,5). The van der Waals surface area contributed by atoms with E-state index in [-0.39, 0.29) is 6.42 Å². The number of nitrogens with one attached hydrogen (secondary N) is 1. The number of carboxylic acids is 1. The lowest BCUT2D eigenvalue weighted by molar-refractivity contribution is -2.00. The van der Waals surface area contributed by atoms with E-state index in [0.29, 0.717) is 5.92 Å². The maximum atomic E-state index is 11.0. The van der Waals surface area contributed by atoms with Crippen LogP contribution >= 0.6 is 0 Å². The van der Waals surface area contributed by atoms with Crippen LogP contribution in [-0.2, 0) is 11.2 Å². The van der Waals surface area contributed by atoms with Gasteiger partial charge in [0.15, 0.2) is 0 Å². The number of aromatic amines is 1. The predicted octanol–water partition coefficient (Wildman–Crippen LogP) is -1.96. The average Bonchev–Trinajstić information content (AvgIpc) is 2.97. The van der Waals surface area contributed by atoms with Crippen molar-refractivity contribution in [2.45, 2.75) is 32.1 Å². The summed E-state index contributed by atoms with van der Waals surface area (Å²) in [5, 5.41) is 10.3. The maximum Gasteiger partial charge on any atom is 0.303 e. The fourth-order valence-electron chi connectivity index (χ4n) is 4.14. The first-order valence-electron chi connectivity index (χ1n) is 8.79. The van der Waals surface area contributed by atoms with Gasteiger partial charge >= 0.3 is 5.97 Å². The highest BCUT2D eigenvalue weighted by atomic mass is 35.7. The van der Waals surface area contributed by atoms with Crippen molar-refractivity contribution in [2.75, 3.05) is 13.1 Å². The second-order valence-electron chi connectivity index (χ2n) is 6.80. The number of nitrogens with zero attached hydrogens (tertiary/aromatic N) is 1. The minimum Gasteiger partial charge on any atom is -0.481 e. The number of hydrogen-bond donors (Lipinski definition) is 2. The van der Waals surface area contributed by atoms with Crippen molar-refractivity contribution < 1.29 is 43.4 Å². The second-order valence-corrected chi connectivity index (χ2v) is 7.55. The third-order valence-electron chi connectivity index (χ3n) is 5.12. The summed E-state index contributed by atoms with van der Waals surface area (Å²) in [7, 11) is -4.94. The number of H-pyrrole nitrogens is 1. The van der Waals surface area contributed by atoms with E-state index >= 15 is 0 Å². The molecule has 0 spiro atoms. The Kier molecular flexibility index (Phi) is 5.83. The molecule has 2 aromatic rings. The van der Waals surface area contributed by atoms with Crippen molar-refractivity contribution in [3.63, 3.8) is 0 Å². The molecule has 1 aromatic carbocycles. The van der Waals surface area contributed by atoms with Crippen LogP contribution in [0.15, 0.2) is 24.3 Å². The minimum atomic E-state index is -4.94. The van der Waals surface area contributed by atoms with E-state index in [4.69, 9.17) is 23.7 Å². The molecule has 2 aliphatic heterocycles. The molecule has 9 heteroatoms. The van der Waals surface area contributed by atoms with Gasteiger partial charge in [-0.2, -0.15) is 0 Å². The minimum absolute atomic E-state index is 0.261. The molecular weight excluding hydrogens is 376 g/mol. The van der Waals surface area contributed by atoms with Crippen LogP contribution in [0.5, 0.6) is 0 Å². The molecule has 3 heterocycles. The topological polar surface area (TPSA) is 148 Å². The summed E-state index contributed by atoms with van der Waals surface area (Å²) in [6.07, 6.45) is 4.36. The van der Waals surface area contributed by atoms with Crippen LogP contribution in [0, 0.1) is 16.2 Å². The smallest absolute Gasteiger partial charge is 0.303 e. The third-order valence-corrected chi connectivity index (χ3v) is 5.12. The van der Waals surface area contributed by atoms with Gasteiger partial charge in [0.05, 0.1) is 0 Å². The van der Waals surface area contributed by atoms with Crippen molar-refractivity contribution in [3.05, 3.63) is 35.5 Å². The zero-order chi connectivity index (χ0) is 19.6. The molecule has 8 nitrogen and oxygen atoms in total. The lowest BCUT2D eigenvalue weighted by atomic mass is 9.84. The van der Waals surface area contributed by atoms with E-state index in [2.05, 4.69) is 33.8 Å². The van der Waals surface area contributed by atoms with Crippen molar-refractivity contribution in [2.24, 2.45) is 5.92 Å². The quantitative estimate of drug-likeness (QED) is 0.575. The van der Waals surface area contributed by atoms with Crippen LogP contribution in [-0.4, -0.2) is 39.4 Å². The first kappa shape index (κ1) is 19.8. The summed E-state index contributed by atoms with van der Waals surface area (Å²) in [6.45, 7) is 2.17. The Bertz CT molecular complexity index is 864. The highest BCUT2D eigenvalue weighted by Crippen LogP contribution is 2.32. The van der Waals surface area contributed by atoms with Gasteiger partial charge in [-0.3, -0.25) is 4.79 Å². The van der Waals surface area contributed by atoms with Crippen molar-refractivity contribution in [3.8, 4) is 0 Å². The Morgan fingerprint density at radius 1 is 1.22 bits per heavy atom. The molecule has 0 radical (unpaired) electrons. The van der Waals surface area contributed by atoms with Gasteiger partial charge in [0, 0.05) is 36.1 Å². The van der Waals surface area contributed by atoms with Crippen LogP contribution in [0.3, 0.4) is 0 Å². The van der Waals surface area contributed by atoms with Crippen molar-refractivity contribution >= 4 is 22.6 Å². The van der Waals surface area contributed by atoms with Gasteiger partial charge in [0.25, 0.3) is 0 Å². The van der Waals surface area contributed by atoms with Gasteiger partial charge in [-0.05, 0) is 24.5 Å². The summed E-state index contributed by atoms with van der Waals surface area (Å²) < 4.78 is 36.5. The lowest BCUT2D eigenvalue weighted by Gasteiger charge is -2.26. The van der Waals surface area contributed by atoms with Gasteiger partial charge in [-0.1, -0.05) is 18.2 Å². The molecule has 4 rings (SSSR count). The normalized spacial score (nSPS) is 19.2. The molecular formula is C18H21ClN2O6. The Morgan fingerprint density at radius 3 is 2.63 bits per heavy atom. The third kappa shape index (κ3) is 4.85. The molecule has 1 unspecified atom stereocenters. The highest BCUT2D eigenvalue weighted by molar-refractivity contribution is 6.04. The van der Waals surface area contributed by atoms with Crippen molar-refractivity contribution in [1.82, 2.24) is 4.98 Å². The molecule has 1 aromatic heterocycles. The van der Waals surface area contributed by atoms with Gasteiger partial charge in [0.2, 0.25) is 5.71 Å². The van der Waals surface area contributed by atoms with Crippen LogP contribution in [0.4, 0.5) is 0 Å². The zero-order valence-electron chi connectivity index (χ0n) is 14.7. The Labute approximate surface area is 158 Å². The number of aromatic nitrogens is 1. The number of hydrogen-bond acceptors (Lipinski definition) is 5. The fourth-order valence-corrected chi connectivity index (χ4v) is 4.14. The highest BCUT2D eigenvalue weighted by Gasteiger charge is 2.37. The number of para-hydroxylation sites is 1. The Hall–Kier alpha value is -1.97. The molecule has 0 fully saturated rings. The summed E-state index contributed by atoms with van der Waals surface area (Å²) in [5.74, 6) is -0.317. The van der Waals surface area contributed by atoms with Gasteiger partial charge in [-0.15, -0.1) is 10.2 Å². The van der Waals surface area contributed by atoms with E-state index in [1.807, 2.05) is 0 Å². The first-order chi connectivity index (χ1) is 12.7. The van der Waals surface area contributed by atoms with Crippen LogP contribution < -0.4 is 18.6 Å². The first-order valence-corrected chi connectivity index (χ1v) is 10.0. The number of carbonyl (C=O) groups is 1. The molecule has 0 bridgehead atoms. The molecule has 2 N–H and O–H groups in total. The zero-order valence-corrected chi connectivity index (χ0v) is 15.4. The molecule has 0 amide bonds. The Morgan fingerprint density at radius 2 is 1.93 bits per heavy atom. The molecule has 0 aliphatic carbocycles. The number of aliphatic carboxylic acids is 1. The van der Waals surface area contributed by atoms with Crippen LogP contribution in [0.2, 0.25) is 0 Å². The summed E-state index contributed by atoms with van der Waals surface area (Å²) >= 11 is 0. The van der Waals surface area contributed by atoms with Crippen molar-refractivity contribution in [1.29, 1.82) is 0 Å². The van der Waals surface area contributed by atoms with E-state index in [1.54, 1.807) is 0 Å². The number of carboxylic acid groups (broad SMARTS) is 1. The van der Waals surface area contributed by atoms with Crippen LogP contribution in [0.1, 0.15) is 36.9 Å². The molecule has 146 valence electrons.